The Morgan fingerprint density at radius 2 is 1.62 bits per heavy atom. The van der Waals surface area contributed by atoms with Gasteiger partial charge >= 0.3 is 0 Å². The summed E-state index contributed by atoms with van der Waals surface area (Å²) in [4.78, 5) is 3.49. The van der Waals surface area contributed by atoms with E-state index in [1.807, 2.05) is 11.8 Å². The number of unbranched alkanes of at least 4 members (excludes halogenated alkanes) is 1. The van der Waals surface area contributed by atoms with E-state index in [1.165, 1.54) is 35.4 Å². The Kier molecular flexibility index (Phi) is 6.19. The molecule has 0 aliphatic heterocycles. The molecule has 2 rings (SSSR count). The van der Waals surface area contributed by atoms with Gasteiger partial charge in [0.05, 0.1) is 0 Å². The Bertz CT molecular complexity index is 519. The molecular weight excluding hydrogens is 274 g/mol. The largest absolute Gasteiger partial charge is 0.378 e. The standard InChI is InChI=1S/C19H25NS/c1-4-5-11-19(16-9-7-6-8-10-16)21-18-14-12-17(13-15-18)20(2)3/h6-10,12-15,19H,4-5,11H2,1-3H3. The maximum Gasteiger partial charge on any atom is 0.0361 e. The molecule has 0 saturated carbocycles. The summed E-state index contributed by atoms with van der Waals surface area (Å²) in [6.45, 7) is 2.26. The summed E-state index contributed by atoms with van der Waals surface area (Å²) in [5.41, 5.74) is 2.69. The molecule has 1 atom stereocenters. The summed E-state index contributed by atoms with van der Waals surface area (Å²) < 4.78 is 0. The number of benzene rings is 2. The van der Waals surface area contributed by atoms with Crippen LogP contribution in [0.5, 0.6) is 0 Å². The van der Waals surface area contributed by atoms with Gasteiger partial charge in [0.15, 0.2) is 0 Å². The third-order valence-electron chi connectivity index (χ3n) is 3.62. The van der Waals surface area contributed by atoms with Gasteiger partial charge in [0.1, 0.15) is 0 Å². The zero-order valence-electron chi connectivity index (χ0n) is 13.3. The first-order valence-corrected chi connectivity index (χ1v) is 8.57. The van der Waals surface area contributed by atoms with Gasteiger partial charge in [-0.2, -0.15) is 0 Å². The van der Waals surface area contributed by atoms with E-state index in [1.54, 1.807) is 0 Å². The minimum Gasteiger partial charge on any atom is -0.378 e. The van der Waals surface area contributed by atoms with Crippen LogP contribution in [-0.2, 0) is 0 Å². The second kappa shape index (κ2) is 8.14. The highest BCUT2D eigenvalue weighted by Crippen LogP contribution is 2.39. The van der Waals surface area contributed by atoms with E-state index in [2.05, 4.69) is 80.5 Å². The number of nitrogens with zero attached hydrogens (tertiary/aromatic N) is 1. The van der Waals surface area contributed by atoms with Crippen LogP contribution in [0.15, 0.2) is 59.5 Å². The summed E-state index contributed by atoms with van der Waals surface area (Å²) in [5, 5.41) is 0.552. The first kappa shape index (κ1) is 16.0. The zero-order chi connectivity index (χ0) is 15.1. The van der Waals surface area contributed by atoms with Crippen LogP contribution >= 0.6 is 11.8 Å². The first-order chi connectivity index (χ1) is 10.2. The third kappa shape index (κ3) is 4.82. The van der Waals surface area contributed by atoms with Crippen molar-refractivity contribution in [2.24, 2.45) is 0 Å². The Morgan fingerprint density at radius 1 is 0.952 bits per heavy atom. The van der Waals surface area contributed by atoms with Gasteiger partial charge in [-0.25, -0.2) is 0 Å². The van der Waals surface area contributed by atoms with E-state index in [9.17, 15) is 0 Å². The molecule has 0 amide bonds. The van der Waals surface area contributed by atoms with Crippen molar-refractivity contribution in [3.05, 3.63) is 60.2 Å². The lowest BCUT2D eigenvalue weighted by molar-refractivity contribution is 0.706. The third-order valence-corrected chi connectivity index (χ3v) is 4.96. The maximum absolute atomic E-state index is 2.26. The highest BCUT2D eigenvalue weighted by Gasteiger charge is 2.12. The topological polar surface area (TPSA) is 3.24 Å². The predicted molar refractivity (Wildman–Crippen MR) is 95.3 cm³/mol. The van der Waals surface area contributed by atoms with Crippen LogP contribution in [0.4, 0.5) is 5.69 Å². The Morgan fingerprint density at radius 3 is 2.19 bits per heavy atom. The van der Waals surface area contributed by atoms with Crippen molar-refractivity contribution in [3.63, 3.8) is 0 Å². The molecule has 0 aliphatic carbocycles. The summed E-state index contributed by atoms with van der Waals surface area (Å²) in [6.07, 6.45) is 3.77. The second-order valence-corrected chi connectivity index (χ2v) is 6.82. The Balaban J connectivity index is 2.11. The van der Waals surface area contributed by atoms with Crippen LogP contribution in [0.25, 0.3) is 0 Å². The van der Waals surface area contributed by atoms with Crippen LogP contribution in [0.3, 0.4) is 0 Å². The zero-order valence-corrected chi connectivity index (χ0v) is 14.1. The van der Waals surface area contributed by atoms with Gasteiger partial charge in [0, 0.05) is 29.9 Å². The molecule has 1 nitrogen and oxygen atoms in total. The lowest BCUT2D eigenvalue weighted by atomic mass is 10.1. The van der Waals surface area contributed by atoms with Gasteiger partial charge in [0.25, 0.3) is 0 Å². The fourth-order valence-electron chi connectivity index (χ4n) is 2.34. The predicted octanol–water partition coefficient (Wildman–Crippen LogP) is 5.78. The quantitative estimate of drug-likeness (QED) is 0.596. The summed E-state index contributed by atoms with van der Waals surface area (Å²) >= 11 is 1.98. The smallest absolute Gasteiger partial charge is 0.0361 e. The molecule has 0 N–H and O–H groups in total. The molecule has 0 spiro atoms. The molecular formula is C19H25NS. The average Bonchev–Trinajstić information content (AvgIpc) is 2.52. The first-order valence-electron chi connectivity index (χ1n) is 7.69. The fourth-order valence-corrected chi connectivity index (χ4v) is 3.54. The summed E-state index contributed by atoms with van der Waals surface area (Å²) in [6, 6.07) is 19.8. The van der Waals surface area contributed by atoms with Crippen molar-refractivity contribution in [2.75, 3.05) is 19.0 Å². The Hall–Kier alpha value is -1.41. The van der Waals surface area contributed by atoms with E-state index in [0.717, 1.165) is 0 Å². The fraction of sp³-hybridized carbons (Fsp3) is 0.368. The lowest BCUT2D eigenvalue weighted by Crippen LogP contribution is -2.07. The molecule has 1 unspecified atom stereocenters. The normalized spacial score (nSPS) is 12.1. The summed E-state index contributed by atoms with van der Waals surface area (Å²) in [7, 11) is 4.16. The molecule has 0 aliphatic rings. The Labute approximate surface area is 133 Å². The van der Waals surface area contributed by atoms with Crippen LogP contribution in [0.1, 0.15) is 37.0 Å². The van der Waals surface area contributed by atoms with Crippen molar-refractivity contribution < 1.29 is 0 Å². The maximum atomic E-state index is 2.26. The summed E-state index contributed by atoms with van der Waals surface area (Å²) in [5.74, 6) is 0. The molecule has 21 heavy (non-hydrogen) atoms. The van der Waals surface area contributed by atoms with Gasteiger partial charge in [-0.1, -0.05) is 50.1 Å². The molecule has 112 valence electrons. The number of thioether (sulfide) groups is 1. The molecule has 0 aromatic heterocycles. The molecule has 0 fully saturated rings. The van der Waals surface area contributed by atoms with Gasteiger partial charge in [-0.15, -0.1) is 11.8 Å². The number of hydrogen-bond donors (Lipinski definition) is 0. The molecule has 0 saturated heterocycles. The van der Waals surface area contributed by atoms with Crippen molar-refractivity contribution in [2.45, 2.75) is 36.3 Å². The minimum absolute atomic E-state index is 0.552. The second-order valence-electron chi connectivity index (χ2n) is 5.55. The van der Waals surface area contributed by atoms with Crippen molar-refractivity contribution in [1.29, 1.82) is 0 Å². The highest BCUT2D eigenvalue weighted by molar-refractivity contribution is 7.99. The van der Waals surface area contributed by atoms with Gasteiger partial charge in [-0.3, -0.25) is 0 Å². The number of hydrogen-bond acceptors (Lipinski definition) is 2. The van der Waals surface area contributed by atoms with E-state index >= 15 is 0 Å². The average molecular weight is 299 g/mol. The van der Waals surface area contributed by atoms with E-state index in [-0.39, 0.29) is 0 Å². The highest BCUT2D eigenvalue weighted by atomic mass is 32.2. The monoisotopic (exact) mass is 299 g/mol. The van der Waals surface area contributed by atoms with Crippen LogP contribution in [-0.4, -0.2) is 14.1 Å². The number of anilines is 1. The molecule has 2 aromatic carbocycles. The molecule has 0 bridgehead atoms. The number of rotatable bonds is 7. The van der Waals surface area contributed by atoms with Crippen molar-refractivity contribution in [1.82, 2.24) is 0 Å². The lowest BCUT2D eigenvalue weighted by Gasteiger charge is -2.18. The van der Waals surface area contributed by atoms with Crippen LogP contribution < -0.4 is 4.90 Å². The van der Waals surface area contributed by atoms with Crippen LogP contribution in [0.2, 0.25) is 0 Å². The minimum atomic E-state index is 0.552. The SMILES string of the molecule is CCCCC(Sc1ccc(N(C)C)cc1)c1ccccc1. The van der Waals surface area contributed by atoms with Crippen LogP contribution in [0, 0.1) is 0 Å². The van der Waals surface area contributed by atoms with E-state index in [0.29, 0.717) is 5.25 Å². The van der Waals surface area contributed by atoms with Gasteiger partial charge in [-0.05, 0) is 36.2 Å². The van der Waals surface area contributed by atoms with Gasteiger partial charge < -0.3 is 4.90 Å². The van der Waals surface area contributed by atoms with E-state index in [4.69, 9.17) is 0 Å². The van der Waals surface area contributed by atoms with E-state index < -0.39 is 0 Å². The molecule has 0 radical (unpaired) electrons. The molecule has 2 heteroatoms. The van der Waals surface area contributed by atoms with Crippen molar-refractivity contribution in [3.8, 4) is 0 Å². The molecule has 0 heterocycles. The molecule has 2 aromatic rings. The van der Waals surface area contributed by atoms with Gasteiger partial charge in [0.2, 0.25) is 0 Å². The van der Waals surface area contributed by atoms with Crippen molar-refractivity contribution >= 4 is 17.4 Å².